The first kappa shape index (κ1) is 22.5. The van der Waals surface area contributed by atoms with Crippen molar-refractivity contribution in [1.29, 1.82) is 0 Å². The molecule has 3 rings (SSSR count). The molecule has 3 aromatic rings. The van der Waals surface area contributed by atoms with E-state index in [4.69, 9.17) is 4.74 Å². The topological polar surface area (TPSA) is 69.0 Å². The van der Waals surface area contributed by atoms with Crippen molar-refractivity contribution in [3.8, 4) is 23.1 Å². The van der Waals surface area contributed by atoms with E-state index in [-0.39, 0.29) is 11.8 Å². The predicted octanol–water partition coefficient (Wildman–Crippen LogP) is 5.80. The first-order valence-corrected chi connectivity index (χ1v) is 11.1. The van der Waals surface area contributed by atoms with Crippen LogP contribution in [0.2, 0.25) is 0 Å². The lowest BCUT2D eigenvalue weighted by Gasteiger charge is -2.15. The maximum absolute atomic E-state index is 12.6. The van der Waals surface area contributed by atoms with E-state index in [2.05, 4.69) is 48.3 Å². The Morgan fingerprint density at radius 1 is 1.06 bits per heavy atom. The first-order valence-electron chi connectivity index (χ1n) is 11.1. The molecule has 2 aromatic carbocycles. The van der Waals surface area contributed by atoms with Gasteiger partial charge in [-0.1, -0.05) is 56.5 Å². The van der Waals surface area contributed by atoms with Gasteiger partial charge in [0.2, 0.25) is 5.91 Å². The van der Waals surface area contributed by atoms with Crippen LogP contribution in [0.4, 0.5) is 5.69 Å². The third kappa shape index (κ3) is 5.72. The van der Waals surface area contributed by atoms with Crippen LogP contribution in [0.25, 0.3) is 17.1 Å². The molecule has 1 heterocycles. The number of benzene rings is 2. The van der Waals surface area contributed by atoms with Crippen LogP contribution in [0.15, 0.2) is 48.5 Å². The molecule has 164 valence electrons. The lowest BCUT2D eigenvalue weighted by atomic mass is 9.98. The molecule has 1 N–H and O–H groups in total. The lowest BCUT2D eigenvalue weighted by molar-refractivity contribution is -0.120. The van der Waals surface area contributed by atoms with Gasteiger partial charge in [0.15, 0.2) is 5.82 Å². The molecular weight excluding hydrogens is 388 g/mol. The normalized spacial score (nSPS) is 11.9. The maximum Gasteiger partial charge on any atom is 0.336 e. The van der Waals surface area contributed by atoms with Crippen molar-refractivity contribution in [2.75, 3.05) is 11.9 Å². The van der Waals surface area contributed by atoms with Crippen molar-refractivity contribution in [3.05, 3.63) is 54.1 Å². The number of rotatable bonds is 10. The Labute approximate surface area is 184 Å². The Balaban J connectivity index is 1.83. The summed E-state index contributed by atoms with van der Waals surface area (Å²) < 4.78 is 7.32. The fourth-order valence-electron chi connectivity index (χ4n) is 3.45. The minimum Gasteiger partial charge on any atom is -0.463 e. The summed E-state index contributed by atoms with van der Waals surface area (Å²) in [5.41, 5.74) is 3.78. The van der Waals surface area contributed by atoms with Crippen molar-refractivity contribution in [1.82, 2.24) is 14.8 Å². The van der Waals surface area contributed by atoms with E-state index in [1.165, 1.54) is 5.56 Å². The summed E-state index contributed by atoms with van der Waals surface area (Å²) >= 11 is 0. The maximum atomic E-state index is 12.6. The van der Waals surface area contributed by atoms with Crippen LogP contribution < -0.4 is 10.1 Å². The summed E-state index contributed by atoms with van der Waals surface area (Å²) in [6.45, 7) is 8.68. The first-order chi connectivity index (χ1) is 15.0. The molecule has 0 saturated heterocycles. The quantitative estimate of drug-likeness (QED) is 0.450. The molecule has 1 amide bonds. The lowest BCUT2D eigenvalue weighted by Crippen LogP contribution is -2.22. The van der Waals surface area contributed by atoms with E-state index in [1.807, 2.05) is 43.3 Å². The number of amides is 1. The van der Waals surface area contributed by atoms with Crippen molar-refractivity contribution < 1.29 is 9.53 Å². The number of carbonyl (C=O) groups excluding carboxylic acids is 1. The zero-order valence-electron chi connectivity index (χ0n) is 18.9. The van der Waals surface area contributed by atoms with Gasteiger partial charge in [-0.15, -0.1) is 5.10 Å². The number of aryl methyl sites for hydroxylation is 1. The largest absolute Gasteiger partial charge is 0.463 e. The van der Waals surface area contributed by atoms with Gasteiger partial charge in [-0.25, -0.2) is 4.68 Å². The zero-order chi connectivity index (χ0) is 22.2. The highest BCUT2D eigenvalue weighted by molar-refractivity contribution is 5.92. The fourth-order valence-corrected chi connectivity index (χ4v) is 3.45. The minimum absolute atomic E-state index is 0.0526. The summed E-state index contributed by atoms with van der Waals surface area (Å²) in [6.07, 6.45) is 3.95. The van der Waals surface area contributed by atoms with Crippen LogP contribution in [0, 0.1) is 12.8 Å². The minimum atomic E-state index is 0.0526. The van der Waals surface area contributed by atoms with Gasteiger partial charge >= 0.3 is 6.01 Å². The van der Waals surface area contributed by atoms with Crippen LogP contribution in [-0.4, -0.2) is 27.3 Å². The summed E-state index contributed by atoms with van der Waals surface area (Å²) in [6, 6.07) is 16.2. The number of carbonyl (C=O) groups is 1. The summed E-state index contributed by atoms with van der Waals surface area (Å²) in [5.74, 6) is 0.853. The molecule has 0 aliphatic heterocycles. The van der Waals surface area contributed by atoms with Crippen LogP contribution in [0.1, 0.15) is 52.0 Å². The van der Waals surface area contributed by atoms with Crippen LogP contribution >= 0.6 is 0 Å². The third-order valence-corrected chi connectivity index (χ3v) is 5.32. The fraction of sp³-hybridized carbons (Fsp3) is 0.400. The number of hydrogen-bond donors (Lipinski definition) is 1. The van der Waals surface area contributed by atoms with E-state index in [9.17, 15) is 4.79 Å². The number of hydrogen-bond acceptors (Lipinski definition) is 4. The van der Waals surface area contributed by atoms with E-state index >= 15 is 0 Å². The van der Waals surface area contributed by atoms with Crippen molar-refractivity contribution in [2.24, 2.45) is 5.92 Å². The second-order valence-electron chi connectivity index (χ2n) is 7.71. The monoisotopic (exact) mass is 420 g/mol. The molecule has 31 heavy (non-hydrogen) atoms. The number of unbranched alkanes of at least 4 members (excludes halogenated alkanes) is 1. The molecule has 6 nitrogen and oxygen atoms in total. The van der Waals surface area contributed by atoms with Gasteiger partial charge < -0.3 is 10.1 Å². The van der Waals surface area contributed by atoms with Crippen LogP contribution in [0.5, 0.6) is 6.01 Å². The molecular formula is C25H32N4O2. The summed E-state index contributed by atoms with van der Waals surface area (Å²) in [4.78, 5) is 17.2. The van der Waals surface area contributed by atoms with Gasteiger partial charge in [-0.05, 0) is 51.0 Å². The molecule has 0 radical (unpaired) electrons. The highest BCUT2D eigenvalue weighted by Gasteiger charge is 2.17. The summed E-state index contributed by atoms with van der Waals surface area (Å²) in [7, 11) is 0. The molecule has 0 fully saturated rings. The second kappa shape index (κ2) is 10.8. The molecule has 0 saturated carbocycles. The van der Waals surface area contributed by atoms with Crippen molar-refractivity contribution in [2.45, 2.75) is 53.4 Å². The van der Waals surface area contributed by atoms with Gasteiger partial charge in [0.25, 0.3) is 0 Å². The van der Waals surface area contributed by atoms with Gasteiger partial charge in [-0.3, -0.25) is 4.79 Å². The van der Waals surface area contributed by atoms with E-state index in [0.29, 0.717) is 18.4 Å². The number of ether oxygens (including phenoxy) is 1. The van der Waals surface area contributed by atoms with Crippen LogP contribution in [-0.2, 0) is 4.79 Å². The zero-order valence-corrected chi connectivity index (χ0v) is 18.9. The van der Waals surface area contributed by atoms with Gasteiger partial charge in [0, 0.05) is 17.2 Å². The average molecular weight is 421 g/mol. The molecule has 0 aliphatic carbocycles. The Kier molecular flexibility index (Phi) is 7.82. The smallest absolute Gasteiger partial charge is 0.336 e. The average Bonchev–Trinajstić information content (AvgIpc) is 3.19. The Bertz CT molecular complexity index is 978. The van der Waals surface area contributed by atoms with Gasteiger partial charge in [-0.2, -0.15) is 4.98 Å². The second-order valence-corrected chi connectivity index (χ2v) is 7.71. The van der Waals surface area contributed by atoms with Crippen molar-refractivity contribution in [3.63, 3.8) is 0 Å². The Morgan fingerprint density at radius 2 is 1.77 bits per heavy atom. The molecule has 1 atom stereocenters. The molecule has 0 bridgehead atoms. The highest BCUT2D eigenvalue weighted by atomic mass is 16.5. The van der Waals surface area contributed by atoms with Crippen molar-refractivity contribution >= 4 is 11.6 Å². The van der Waals surface area contributed by atoms with Gasteiger partial charge in [0.1, 0.15) is 0 Å². The number of nitrogens with zero attached hydrogens (tertiary/aromatic N) is 3. The number of nitrogens with one attached hydrogen (secondary N) is 1. The SMILES string of the molecule is CCCCC(CC)C(=O)Nc1ccc(-n2nc(OCC)nc2-c2ccc(C)cc2)cc1. The van der Waals surface area contributed by atoms with E-state index in [0.717, 1.165) is 42.6 Å². The molecule has 6 heteroatoms. The molecule has 0 spiro atoms. The molecule has 1 aromatic heterocycles. The standard InChI is InChI=1S/C25H32N4O2/c1-5-8-9-19(6-2)24(30)26-21-14-16-22(17-15-21)29-23(27-25(28-29)31-7-3)20-12-10-18(4)11-13-20/h10-17,19H,5-9H2,1-4H3,(H,26,30). The number of anilines is 1. The van der Waals surface area contributed by atoms with Crippen LogP contribution in [0.3, 0.4) is 0 Å². The summed E-state index contributed by atoms with van der Waals surface area (Å²) in [5, 5.41) is 7.58. The predicted molar refractivity (Wildman–Crippen MR) is 125 cm³/mol. The highest BCUT2D eigenvalue weighted by Crippen LogP contribution is 2.25. The van der Waals surface area contributed by atoms with Gasteiger partial charge in [0.05, 0.1) is 12.3 Å². The third-order valence-electron chi connectivity index (χ3n) is 5.32. The Hall–Kier alpha value is -3.15. The molecule has 0 aliphatic rings. The van der Waals surface area contributed by atoms with E-state index in [1.54, 1.807) is 4.68 Å². The molecule has 1 unspecified atom stereocenters. The van der Waals surface area contributed by atoms with E-state index < -0.39 is 0 Å². The Morgan fingerprint density at radius 3 is 2.39 bits per heavy atom. The number of aromatic nitrogens is 3.